The summed E-state index contributed by atoms with van der Waals surface area (Å²) in [4.78, 5) is 23.6. The molecule has 0 unspecified atom stereocenters. The van der Waals surface area contributed by atoms with Gasteiger partial charge in [0, 0.05) is 18.2 Å². The monoisotopic (exact) mass is 399 g/mol. The van der Waals surface area contributed by atoms with Crippen LogP contribution in [0.2, 0.25) is 0 Å². The largest absolute Gasteiger partial charge is 0.326 e. The highest BCUT2D eigenvalue weighted by molar-refractivity contribution is 7.91. The molecule has 0 aliphatic heterocycles. The van der Waals surface area contributed by atoms with Crippen LogP contribution in [0, 0.1) is 0 Å². The quantitative estimate of drug-likeness (QED) is 0.567. The minimum atomic E-state index is -3.21. The molecule has 0 fully saturated rings. The molecule has 3 aromatic rings. The van der Waals surface area contributed by atoms with E-state index < -0.39 is 9.84 Å². The normalized spacial score (nSPS) is 11.3. The summed E-state index contributed by atoms with van der Waals surface area (Å²) in [6.07, 6.45) is 0.799. The van der Waals surface area contributed by atoms with Crippen molar-refractivity contribution in [2.45, 2.75) is 24.7 Å². The zero-order valence-corrected chi connectivity index (χ0v) is 16.2. The number of aryl methyl sites for hydroxylation is 1. The molecular formula is C20H21N3O4S. The Morgan fingerprint density at radius 2 is 1.68 bits per heavy atom. The van der Waals surface area contributed by atoms with Gasteiger partial charge in [0.05, 0.1) is 16.3 Å². The third-order valence-electron chi connectivity index (χ3n) is 4.38. The minimum Gasteiger partial charge on any atom is -0.326 e. The second-order valence-electron chi connectivity index (χ2n) is 6.35. The van der Waals surface area contributed by atoms with Gasteiger partial charge in [0.2, 0.25) is 5.91 Å². The number of amides is 1. The first-order valence-corrected chi connectivity index (χ1v) is 10.5. The molecule has 0 aliphatic rings. The first-order chi connectivity index (χ1) is 13.4. The molecule has 146 valence electrons. The number of carbonyl (C=O) groups excluding carboxylic acids is 1. The van der Waals surface area contributed by atoms with Gasteiger partial charge < -0.3 is 5.32 Å². The van der Waals surface area contributed by atoms with Gasteiger partial charge in [-0.05, 0) is 41.8 Å². The third-order valence-corrected chi connectivity index (χ3v) is 6.13. The molecule has 1 amide bonds. The van der Waals surface area contributed by atoms with E-state index >= 15 is 0 Å². The lowest BCUT2D eigenvalue weighted by atomic mass is 10.1. The Morgan fingerprint density at radius 1 is 1.00 bits per heavy atom. The van der Waals surface area contributed by atoms with E-state index in [9.17, 15) is 18.0 Å². The molecule has 3 N–H and O–H groups in total. The molecule has 1 heterocycles. The molecule has 7 nitrogen and oxygen atoms in total. The van der Waals surface area contributed by atoms with Crippen molar-refractivity contribution in [1.29, 1.82) is 0 Å². The maximum atomic E-state index is 12.2. The van der Waals surface area contributed by atoms with Crippen LogP contribution in [-0.2, 0) is 21.1 Å². The van der Waals surface area contributed by atoms with Crippen molar-refractivity contribution in [3.63, 3.8) is 0 Å². The fourth-order valence-electron chi connectivity index (χ4n) is 2.73. The zero-order chi connectivity index (χ0) is 20.1. The summed E-state index contributed by atoms with van der Waals surface area (Å²) in [6, 6.07) is 15.2. The second kappa shape index (κ2) is 8.26. The van der Waals surface area contributed by atoms with E-state index in [2.05, 4.69) is 15.5 Å². The van der Waals surface area contributed by atoms with Gasteiger partial charge in [-0.3, -0.25) is 19.8 Å². The second-order valence-corrected chi connectivity index (χ2v) is 8.62. The van der Waals surface area contributed by atoms with Crippen LogP contribution in [0.3, 0.4) is 0 Å². The van der Waals surface area contributed by atoms with Crippen LogP contribution in [0.1, 0.15) is 18.9 Å². The van der Waals surface area contributed by atoms with E-state index in [0.29, 0.717) is 22.7 Å². The number of anilines is 1. The van der Waals surface area contributed by atoms with Crippen LogP contribution in [0.25, 0.3) is 11.3 Å². The van der Waals surface area contributed by atoms with Crippen molar-refractivity contribution in [2.75, 3.05) is 11.1 Å². The molecule has 28 heavy (non-hydrogen) atoms. The van der Waals surface area contributed by atoms with Gasteiger partial charge >= 0.3 is 0 Å². The fraction of sp³-hybridized carbons (Fsp3) is 0.200. The topological polar surface area (TPSA) is 112 Å². The van der Waals surface area contributed by atoms with Crippen molar-refractivity contribution in [1.82, 2.24) is 10.2 Å². The minimum absolute atomic E-state index is 0.0632. The third kappa shape index (κ3) is 4.77. The summed E-state index contributed by atoms with van der Waals surface area (Å²) in [5, 5.41) is 8.08. The molecule has 1 aromatic heterocycles. The number of carbonyl (C=O) groups is 1. The van der Waals surface area contributed by atoms with Crippen molar-refractivity contribution >= 4 is 21.4 Å². The standard InChI is InChI=1S/C20H21N3O4S/c1-2-28(26,27)17-10-3-14(4-11-17)5-12-19(24)21-16-8-6-15(7-9-16)18-13-20(25)23-22-18/h3-4,6-11,13H,2,5,12H2,1H3,(H,21,24)(H2,22,23,25). The number of benzene rings is 2. The van der Waals surface area contributed by atoms with E-state index in [1.54, 1.807) is 43.3 Å². The van der Waals surface area contributed by atoms with Gasteiger partial charge in [-0.25, -0.2) is 8.42 Å². The van der Waals surface area contributed by atoms with Gasteiger partial charge in [0.25, 0.3) is 5.56 Å². The van der Waals surface area contributed by atoms with Gasteiger partial charge in [-0.2, -0.15) is 0 Å². The first kappa shape index (κ1) is 19.6. The van der Waals surface area contributed by atoms with E-state index in [4.69, 9.17) is 0 Å². The Hall–Kier alpha value is -3.13. The average molecular weight is 399 g/mol. The Morgan fingerprint density at radius 3 is 2.25 bits per heavy atom. The number of sulfone groups is 1. The highest BCUT2D eigenvalue weighted by Gasteiger charge is 2.11. The molecule has 3 rings (SSSR count). The van der Waals surface area contributed by atoms with Crippen molar-refractivity contribution in [2.24, 2.45) is 0 Å². The molecule has 0 atom stereocenters. The van der Waals surface area contributed by atoms with Crippen LogP contribution in [0.4, 0.5) is 5.69 Å². The van der Waals surface area contributed by atoms with Crippen LogP contribution >= 0.6 is 0 Å². The number of hydrogen-bond donors (Lipinski definition) is 3. The molecule has 0 aliphatic carbocycles. The lowest BCUT2D eigenvalue weighted by Gasteiger charge is -2.07. The summed E-state index contributed by atoms with van der Waals surface area (Å²) >= 11 is 0. The van der Waals surface area contributed by atoms with E-state index in [-0.39, 0.29) is 23.6 Å². The van der Waals surface area contributed by atoms with Crippen molar-refractivity contribution in [3.05, 3.63) is 70.5 Å². The maximum absolute atomic E-state index is 12.2. The van der Waals surface area contributed by atoms with Crippen molar-refractivity contribution < 1.29 is 13.2 Å². The highest BCUT2D eigenvalue weighted by Crippen LogP contribution is 2.18. The summed E-state index contributed by atoms with van der Waals surface area (Å²) < 4.78 is 23.6. The van der Waals surface area contributed by atoms with Crippen LogP contribution in [-0.4, -0.2) is 30.3 Å². The van der Waals surface area contributed by atoms with Gasteiger partial charge in [-0.1, -0.05) is 31.2 Å². The molecule has 0 saturated heterocycles. The number of aromatic amines is 2. The predicted octanol–water partition coefficient (Wildman–Crippen LogP) is 2.73. The number of rotatable bonds is 7. The van der Waals surface area contributed by atoms with E-state index in [1.807, 2.05) is 12.1 Å². The number of aromatic nitrogens is 2. The summed E-state index contributed by atoms with van der Waals surface area (Å²) in [5.41, 5.74) is 2.87. The van der Waals surface area contributed by atoms with Crippen LogP contribution < -0.4 is 10.9 Å². The van der Waals surface area contributed by atoms with Gasteiger partial charge in [-0.15, -0.1) is 0 Å². The van der Waals surface area contributed by atoms with E-state index in [1.165, 1.54) is 6.07 Å². The molecule has 0 radical (unpaired) electrons. The summed E-state index contributed by atoms with van der Waals surface area (Å²) in [5.74, 6) is -0.0682. The fourth-order valence-corrected chi connectivity index (χ4v) is 3.62. The molecular weight excluding hydrogens is 378 g/mol. The smallest absolute Gasteiger partial charge is 0.264 e. The number of H-pyrrole nitrogens is 2. The van der Waals surface area contributed by atoms with E-state index in [0.717, 1.165) is 11.1 Å². The lowest BCUT2D eigenvalue weighted by Crippen LogP contribution is -2.12. The average Bonchev–Trinajstić information content (AvgIpc) is 3.13. The Bertz CT molecular complexity index is 1110. The predicted molar refractivity (Wildman–Crippen MR) is 108 cm³/mol. The Labute approximate surface area is 162 Å². The lowest BCUT2D eigenvalue weighted by molar-refractivity contribution is -0.116. The molecule has 0 saturated carbocycles. The molecule has 0 bridgehead atoms. The molecule has 0 spiro atoms. The highest BCUT2D eigenvalue weighted by atomic mass is 32.2. The molecule has 8 heteroatoms. The zero-order valence-electron chi connectivity index (χ0n) is 15.4. The number of hydrogen-bond acceptors (Lipinski definition) is 4. The SMILES string of the molecule is CCS(=O)(=O)c1ccc(CCC(=O)Nc2ccc(-c3cc(=O)[nH][nH]3)cc2)cc1. The summed E-state index contributed by atoms with van der Waals surface area (Å²) in [6.45, 7) is 1.61. The van der Waals surface area contributed by atoms with Gasteiger partial charge in [0.1, 0.15) is 0 Å². The Balaban J connectivity index is 1.55. The van der Waals surface area contributed by atoms with Gasteiger partial charge in [0.15, 0.2) is 9.84 Å². The summed E-state index contributed by atoms with van der Waals surface area (Å²) in [7, 11) is -3.21. The number of nitrogens with one attached hydrogen (secondary N) is 3. The van der Waals surface area contributed by atoms with Crippen LogP contribution in [0.5, 0.6) is 0 Å². The van der Waals surface area contributed by atoms with Crippen molar-refractivity contribution in [3.8, 4) is 11.3 Å². The Kier molecular flexibility index (Phi) is 5.79. The first-order valence-electron chi connectivity index (χ1n) is 8.87. The van der Waals surface area contributed by atoms with Crippen LogP contribution in [0.15, 0.2) is 64.3 Å². The molecule has 2 aromatic carbocycles. The maximum Gasteiger partial charge on any atom is 0.264 e.